The molecule has 4 heteroatoms. The van der Waals surface area contributed by atoms with Gasteiger partial charge in [0.2, 0.25) is 0 Å². The zero-order valence-corrected chi connectivity index (χ0v) is 11.2. The summed E-state index contributed by atoms with van der Waals surface area (Å²) in [4.78, 5) is 0. The van der Waals surface area contributed by atoms with E-state index >= 15 is 0 Å². The molecule has 0 radical (unpaired) electrons. The molecule has 0 aliphatic carbocycles. The lowest BCUT2D eigenvalue weighted by Gasteiger charge is -2.12. The van der Waals surface area contributed by atoms with Gasteiger partial charge < -0.3 is 15.2 Å². The van der Waals surface area contributed by atoms with Crippen molar-refractivity contribution in [2.45, 2.75) is 25.9 Å². The third-order valence-electron chi connectivity index (χ3n) is 2.67. The fraction of sp³-hybridized carbons (Fsp3) is 0.538. The molecule has 0 bridgehead atoms. The molecule has 0 atom stereocenters. The molecule has 1 rings (SSSR count). The highest BCUT2D eigenvalue weighted by Crippen LogP contribution is 2.29. The van der Waals surface area contributed by atoms with Crippen molar-refractivity contribution in [1.29, 1.82) is 0 Å². The molecule has 2 N–H and O–H groups in total. The molecular weight excluding hydrogens is 238 g/mol. The Kier molecular flexibility index (Phi) is 6.34. The van der Waals surface area contributed by atoms with Gasteiger partial charge in [-0.1, -0.05) is 11.6 Å². The van der Waals surface area contributed by atoms with Crippen LogP contribution in [0.2, 0.25) is 5.02 Å². The molecule has 0 aliphatic heterocycles. The van der Waals surface area contributed by atoms with E-state index in [1.54, 1.807) is 14.2 Å². The van der Waals surface area contributed by atoms with Crippen LogP contribution in [0, 0.1) is 0 Å². The Morgan fingerprint density at radius 3 is 2.53 bits per heavy atom. The van der Waals surface area contributed by atoms with Gasteiger partial charge in [0.25, 0.3) is 0 Å². The van der Waals surface area contributed by atoms with Crippen LogP contribution in [0.1, 0.15) is 24.0 Å². The van der Waals surface area contributed by atoms with E-state index in [0.717, 1.165) is 31.4 Å². The van der Waals surface area contributed by atoms with Crippen LogP contribution >= 0.6 is 11.6 Å². The Morgan fingerprint density at radius 1 is 1.18 bits per heavy atom. The predicted octanol–water partition coefficient (Wildman–Crippen LogP) is 2.78. The second-order valence-electron chi connectivity index (χ2n) is 3.93. The number of aryl methyl sites for hydroxylation is 1. The first-order valence-corrected chi connectivity index (χ1v) is 6.15. The van der Waals surface area contributed by atoms with Crippen LogP contribution in [0.4, 0.5) is 0 Å². The first-order valence-electron chi connectivity index (χ1n) is 5.77. The van der Waals surface area contributed by atoms with Gasteiger partial charge in [-0.25, -0.2) is 0 Å². The third kappa shape index (κ3) is 4.19. The van der Waals surface area contributed by atoms with Crippen LogP contribution in [-0.4, -0.2) is 20.8 Å². The fourth-order valence-electron chi connectivity index (χ4n) is 1.78. The van der Waals surface area contributed by atoms with E-state index < -0.39 is 0 Å². The highest BCUT2D eigenvalue weighted by atomic mass is 35.5. The van der Waals surface area contributed by atoms with Gasteiger partial charge in [0.15, 0.2) is 0 Å². The SMILES string of the molecule is COCc1cc(OC)c(Cl)cc1CCCCN. The lowest BCUT2D eigenvalue weighted by Crippen LogP contribution is -2.02. The van der Waals surface area contributed by atoms with Gasteiger partial charge in [0.05, 0.1) is 18.7 Å². The number of methoxy groups -OCH3 is 2. The summed E-state index contributed by atoms with van der Waals surface area (Å²) in [6, 6.07) is 3.91. The average Bonchev–Trinajstić information content (AvgIpc) is 2.32. The number of hydrogen-bond acceptors (Lipinski definition) is 3. The maximum Gasteiger partial charge on any atom is 0.137 e. The molecule has 1 aromatic carbocycles. The summed E-state index contributed by atoms with van der Waals surface area (Å²) in [5.74, 6) is 0.696. The lowest BCUT2D eigenvalue weighted by molar-refractivity contribution is 0.184. The monoisotopic (exact) mass is 257 g/mol. The van der Waals surface area contributed by atoms with Gasteiger partial charge in [-0.05, 0) is 49.1 Å². The van der Waals surface area contributed by atoms with Gasteiger partial charge in [-0.3, -0.25) is 0 Å². The Labute approximate surface area is 108 Å². The third-order valence-corrected chi connectivity index (χ3v) is 2.97. The largest absolute Gasteiger partial charge is 0.495 e. The van der Waals surface area contributed by atoms with Crippen molar-refractivity contribution in [2.75, 3.05) is 20.8 Å². The highest BCUT2D eigenvalue weighted by Gasteiger charge is 2.09. The Bertz CT molecular complexity index is 356. The minimum atomic E-state index is 0.575. The molecule has 0 heterocycles. The molecule has 1 aromatic rings. The Balaban J connectivity index is 2.88. The molecular formula is C13H20ClNO2. The van der Waals surface area contributed by atoms with E-state index in [1.807, 2.05) is 12.1 Å². The molecule has 17 heavy (non-hydrogen) atoms. The van der Waals surface area contributed by atoms with E-state index in [9.17, 15) is 0 Å². The zero-order chi connectivity index (χ0) is 12.7. The van der Waals surface area contributed by atoms with Crippen molar-refractivity contribution >= 4 is 11.6 Å². The van der Waals surface area contributed by atoms with Gasteiger partial charge in [-0.15, -0.1) is 0 Å². The summed E-state index contributed by atoms with van der Waals surface area (Å²) in [6.07, 6.45) is 3.06. The van der Waals surface area contributed by atoms with E-state index in [2.05, 4.69) is 0 Å². The number of hydrogen-bond donors (Lipinski definition) is 1. The second kappa shape index (κ2) is 7.54. The minimum Gasteiger partial charge on any atom is -0.495 e. The number of halogens is 1. The lowest BCUT2D eigenvalue weighted by atomic mass is 10.0. The van der Waals surface area contributed by atoms with Crippen molar-refractivity contribution in [3.8, 4) is 5.75 Å². The molecule has 0 fully saturated rings. The summed E-state index contributed by atoms with van der Waals surface area (Å²) in [6.45, 7) is 1.30. The molecule has 0 saturated carbocycles. The zero-order valence-electron chi connectivity index (χ0n) is 10.5. The molecule has 0 aliphatic rings. The van der Waals surface area contributed by atoms with Crippen LogP contribution in [-0.2, 0) is 17.8 Å². The molecule has 0 amide bonds. The molecule has 0 spiro atoms. The van der Waals surface area contributed by atoms with Crippen LogP contribution in [0.3, 0.4) is 0 Å². The van der Waals surface area contributed by atoms with E-state index in [1.165, 1.54) is 5.56 Å². The number of unbranched alkanes of at least 4 members (excludes halogenated alkanes) is 1. The normalized spacial score (nSPS) is 10.6. The smallest absolute Gasteiger partial charge is 0.137 e. The number of ether oxygens (including phenoxy) is 2. The van der Waals surface area contributed by atoms with E-state index in [0.29, 0.717) is 17.4 Å². The molecule has 0 aromatic heterocycles. The summed E-state index contributed by atoms with van der Waals surface area (Å²) in [5.41, 5.74) is 7.84. The minimum absolute atomic E-state index is 0.575. The van der Waals surface area contributed by atoms with Gasteiger partial charge in [0, 0.05) is 7.11 Å². The van der Waals surface area contributed by atoms with Crippen molar-refractivity contribution in [3.63, 3.8) is 0 Å². The van der Waals surface area contributed by atoms with Crippen molar-refractivity contribution < 1.29 is 9.47 Å². The summed E-state index contributed by atoms with van der Waals surface area (Å²) >= 11 is 6.12. The van der Waals surface area contributed by atoms with Crippen LogP contribution < -0.4 is 10.5 Å². The van der Waals surface area contributed by atoms with Crippen molar-refractivity contribution in [3.05, 3.63) is 28.3 Å². The molecule has 0 unspecified atom stereocenters. The number of nitrogens with two attached hydrogens (primary N) is 1. The standard InChI is InChI=1S/C13H20ClNO2/c1-16-9-11-8-13(17-2)12(14)7-10(11)5-3-4-6-15/h7-8H,3-6,9,15H2,1-2H3. The molecule has 96 valence electrons. The van der Waals surface area contributed by atoms with Crippen LogP contribution in [0.5, 0.6) is 5.75 Å². The fourth-order valence-corrected chi connectivity index (χ4v) is 2.04. The van der Waals surface area contributed by atoms with Gasteiger partial charge in [-0.2, -0.15) is 0 Å². The summed E-state index contributed by atoms with van der Waals surface area (Å²) in [5, 5.41) is 0.648. The molecule has 3 nitrogen and oxygen atoms in total. The molecule has 0 saturated heterocycles. The number of rotatable bonds is 7. The first kappa shape index (κ1) is 14.3. The second-order valence-corrected chi connectivity index (χ2v) is 4.34. The van der Waals surface area contributed by atoms with Gasteiger partial charge in [0.1, 0.15) is 5.75 Å². The topological polar surface area (TPSA) is 44.5 Å². The summed E-state index contributed by atoms with van der Waals surface area (Å²) in [7, 11) is 3.30. The quantitative estimate of drug-likeness (QED) is 0.764. The van der Waals surface area contributed by atoms with Crippen LogP contribution in [0.15, 0.2) is 12.1 Å². The maximum atomic E-state index is 6.12. The first-order chi connectivity index (χ1) is 8.22. The van der Waals surface area contributed by atoms with Crippen molar-refractivity contribution in [2.24, 2.45) is 5.73 Å². The van der Waals surface area contributed by atoms with Crippen molar-refractivity contribution in [1.82, 2.24) is 0 Å². The average molecular weight is 258 g/mol. The van der Waals surface area contributed by atoms with Crippen LogP contribution in [0.25, 0.3) is 0 Å². The predicted molar refractivity (Wildman–Crippen MR) is 70.7 cm³/mol. The van der Waals surface area contributed by atoms with E-state index in [-0.39, 0.29) is 0 Å². The van der Waals surface area contributed by atoms with Gasteiger partial charge >= 0.3 is 0 Å². The Hall–Kier alpha value is -0.770. The maximum absolute atomic E-state index is 6.12. The number of benzene rings is 1. The highest BCUT2D eigenvalue weighted by molar-refractivity contribution is 6.32. The van der Waals surface area contributed by atoms with E-state index in [4.69, 9.17) is 26.8 Å². The Morgan fingerprint density at radius 2 is 1.94 bits per heavy atom. The summed E-state index contributed by atoms with van der Waals surface area (Å²) < 4.78 is 10.4.